The van der Waals surface area contributed by atoms with Crippen LogP contribution in [0.15, 0.2) is 0 Å². The van der Waals surface area contributed by atoms with Gasteiger partial charge in [0.1, 0.15) is 12.1 Å². The number of carbonyl (C=O) groups is 3. The Morgan fingerprint density at radius 2 is 2.07 bits per heavy atom. The number of aromatic nitrogens is 4. The van der Waals surface area contributed by atoms with Crippen molar-refractivity contribution in [2.45, 2.75) is 78.5 Å². The first-order chi connectivity index (χ1) is 13.7. The van der Waals surface area contributed by atoms with E-state index in [9.17, 15) is 14.4 Å². The topological polar surface area (TPSA) is 119 Å². The summed E-state index contributed by atoms with van der Waals surface area (Å²) < 4.78 is 6.82. The number of nitrogens with zero attached hydrogens (tertiary/aromatic N) is 5. The smallest absolute Gasteiger partial charge is 0.326 e. The molecule has 1 aromatic rings. The van der Waals surface area contributed by atoms with Crippen molar-refractivity contribution in [3.05, 3.63) is 5.82 Å². The molecule has 1 N–H and O–H groups in total. The fraction of sp³-hybridized carbons (Fsp3) is 0.789. The molecule has 2 atom stereocenters. The fourth-order valence-corrected chi connectivity index (χ4v) is 4.78. The van der Waals surface area contributed by atoms with Gasteiger partial charge in [-0.2, -0.15) is 0 Å². The molecule has 0 unspecified atom stereocenters. The Morgan fingerprint density at radius 3 is 2.76 bits per heavy atom. The minimum Gasteiger partial charge on any atom is -0.456 e. The number of amides is 3. The molecule has 3 amide bonds. The lowest BCUT2D eigenvalue weighted by molar-refractivity contribution is -0.149. The Bertz CT molecular complexity index is 791. The van der Waals surface area contributed by atoms with E-state index in [2.05, 4.69) is 48.5 Å². The summed E-state index contributed by atoms with van der Waals surface area (Å²) in [4.78, 5) is 38.8. The van der Waals surface area contributed by atoms with Crippen molar-refractivity contribution >= 4 is 17.9 Å². The first-order valence-corrected chi connectivity index (χ1v) is 10.2. The Labute approximate surface area is 170 Å². The maximum absolute atomic E-state index is 13.1. The minimum absolute atomic E-state index is 0.0628. The summed E-state index contributed by atoms with van der Waals surface area (Å²) in [5.74, 6) is -0.272. The first-order valence-electron chi connectivity index (χ1n) is 10.2. The third-order valence-electron chi connectivity index (χ3n) is 5.60. The van der Waals surface area contributed by atoms with Gasteiger partial charge in [-0.3, -0.25) is 14.5 Å². The molecule has 1 aromatic heterocycles. The van der Waals surface area contributed by atoms with E-state index in [1.165, 1.54) is 0 Å². The number of ether oxygens (including phenoxy) is 1. The van der Waals surface area contributed by atoms with Crippen LogP contribution < -0.4 is 5.32 Å². The van der Waals surface area contributed by atoms with Crippen LogP contribution in [0.3, 0.4) is 0 Å². The summed E-state index contributed by atoms with van der Waals surface area (Å²) in [6.45, 7) is 8.46. The Kier molecular flexibility index (Phi) is 5.90. The number of carbonyl (C=O) groups excluding carboxylic acids is 3. The normalized spacial score (nSPS) is 26.1. The van der Waals surface area contributed by atoms with Gasteiger partial charge >= 0.3 is 12.0 Å². The van der Waals surface area contributed by atoms with Crippen LogP contribution in [0.5, 0.6) is 0 Å². The number of urea groups is 1. The lowest BCUT2D eigenvalue weighted by Gasteiger charge is -2.43. The molecule has 1 spiro atoms. The molecular formula is C19H30N6O4. The molecule has 160 valence electrons. The number of aryl methyl sites for hydroxylation is 1. The molecule has 29 heavy (non-hydrogen) atoms. The van der Waals surface area contributed by atoms with E-state index >= 15 is 0 Å². The maximum Gasteiger partial charge on any atom is 0.326 e. The third-order valence-corrected chi connectivity index (χ3v) is 5.60. The number of tetrazole rings is 1. The Morgan fingerprint density at radius 1 is 1.31 bits per heavy atom. The predicted molar refractivity (Wildman–Crippen MR) is 102 cm³/mol. The molecule has 2 fully saturated rings. The number of imide groups is 1. The zero-order valence-corrected chi connectivity index (χ0v) is 17.6. The molecule has 2 heterocycles. The Hall–Kier alpha value is -2.52. The molecule has 0 bridgehead atoms. The van der Waals surface area contributed by atoms with Crippen LogP contribution in [0, 0.1) is 11.3 Å². The highest BCUT2D eigenvalue weighted by Gasteiger charge is 2.56. The number of unbranched alkanes of at least 4 members (excludes halogenated alkanes) is 1. The van der Waals surface area contributed by atoms with E-state index in [4.69, 9.17) is 4.74 Å². The molecule has 0 aromatic carbocycles. The van der Waals surface area contributed by atoms with Crippen LogP contribution in [0.25, 0.3) is 0 Å². The zero-order valence-electron chi connectivity index (χ0n) is 17.6. The van der Waals surface area contributed by atoms with Crippen LogP contribution in [-0.2, 0) is 27.5 Å². The summed E-state index contributed by atoms with van der Waals surface area (Å²) in [6, 6.07) is -0.537. The van der Waals surface area contributed by atoms with E-state index in [1.807, 2.05) is 0 Å². The standard InChI is InChI=1S/C19H30N6O4/c1-5-6-7-25-14(21-22-23-25)11-29-15(26)10-24-16(27)19(20-17(24)28)9-13(2)8-18(3,4)12-19/h13H,5-12H2,1-4H3,(H,20,28)/t13-,19-/m1/s1. The van der Waals surface area contributed by atoms with E-state index in [-0.39, 0.29) is 17.9 Å². The molecule has 1 saturated heterocycles. The van der Waals surface area contributed by atoms with Gasteiger partial charge in [-0.05, 0) is 47.4 Å². The van der Waals surface area contributed by atoms with Crippen LogP contribution >= 0.6 is 0 Å². The van der Waals surface area contributed by atoms with E-state index < -0.39 is 24.1 Å². The summed E-state index contributed by atoms with van der Waals surface area (Å²) in [5.41, 5.74) is -0.991. The van der Waals surface area contributed by atoms with Gasteiger partial charge in [0.15, 0.2) is 12.4 Å². The van der Waals surface area contributed by atoms with Gasteiger partial charge in [0, 0.05) is 6.54 Å². The lowest BCUT2D eigenvalue weighted by atomic mass is 9.64. The van der Waals surface area contributed by atoms with E-state index in [0.29, 0.717) is 31.1 Å². The molecule has 3 rings (SSSR count). The summed E-state index contributed by atoms with van der Waals surface area (Å²) >= 11 is 0. The van der Waals surface area contributed by atoms with Crippen molar-refractivity contribution in [2.75, 3.05) is 6.54 Å². The minimum atomic E-state index is -0.928. The largest absolute Gasteiger partial charge is 0.456 e. The van der Waals surface area contributed by atoms with E-state index in [1.54, 1.807) is 4.68 Å². The predicted octanol–water partition coefficient (Wildman–Crippen LogP) is 1.65. The van der Waals surface area contributed by atoms with Gasteiger partial charge in [-0.25, -0.2) is 9.48 Å². The Balaban J connectivity index is 1.60. The van der Waals surface area contributed by atoms with Gasteiger partial charge in [0.2, 0.25) is 0 Å². The highest BCUT2D eigenvalue weighted by molar-refractivity contribution is 6.08. The second-order valence-corrected chi connectivity index (χ2v) is 9.09. The van der Waals surface area contributed by atoms with E-state index in [0.717, 1.165) is 24.2 Å². The maximum atomic E-state index is 13.1. The fourth-order valence-electron chi connectivity index (χ4n) is 4.78. The summed E-state index contributed by atoms with van der Waals surface area (Å²) in [5, 5.41) is 14.2. The molecule has 1 aliphatic carbocycles. The second kappa shape index (κ2) is 8.08. The highest BCUT2D eigenvalue weighted by atomic mass is 16.5. The summed E-state index contributed by atoms with van der Waals surface area (Å²) in [7, 11) is 0. The molecule has 1 saturated carbocycles. The molecule has 10 heteroatoms. The van der Waals surface area contributed by atoms with Gasteiger partial charge < -0.3 is 10.1 Å². The van der Waals surface area contributed by atoms with Crippen molar-refractivity contribution < 1.29 is 19.1 Å². The van der Waals surface area contributed by atoms with Crippen LogP contribution in [0.4, 0.5) is 4.79 Å². The third kappa shape index (κ3) is 4.56. The molecule has 2 aliphatic rings. The number of rotatable bonds is 7. The van der Waals surface area contributed by atoms with Gasteiger partial charge in [0.05, 0.1) is 0 Å². The van der Waals surface area contributed by atoms with Crippen LogP contribution in [0.1, 0.15) is 65.6 Å². The van der Waals surface area contributed by atoms with Crippen molar-refractivity contribution in [3.63, 3.8) is 0 Å². The van der Waals surface area contributed by atoms with Crippen molar-refractivity contribution in [1.82, 2.24) is 30.4 Å². The monoisotopic (exact) mass is 406 g/mol. The number of esters is 1. The molecule has 0 radical (unpaired) electrons. The van der Waals surface area contributed by atoms with Crippen molar-refractivity contribution in [3.8, 4) is 0 Å². The first kappa shape index (κ1) is 21.2. The quantitative estimate of drug-likeness (QED) is 0.540. The highest BCUT2D eigenvalue weighted by Crippen LogP contribution is 2.46. The van der Waals surface area contributed by atoms with Gasteiger partial charge in [-0.15, -0.1) is 5.10 Å². The van der Waals surface area contributed by atoms with Crippen LogP contribution in [0.2, 0.25) is 0 Å². The average molecular weight is 406 g/mol. The number of hydrogen-bond donors (Lipinski definition) is 1. The summed E-state index contributed by atoms with van der Waals surface area (Å²) in [6.07, 6.45) is 4.03. The SMILES string of the molecule is CCCCn1nnnc1COC(=O)CN1C(=O)N[C@@]2(C[C@H](C)CC(C)(C)C2)C1=O. The van der Waals surface area contributed by atoms with Crippen molar-refractivity contribution in [2.24, 2.45) is 11.3 Å². The second-order valence-electron chi connectivity index (χ2n) is 9.09. The van der Waals surface area contributed by atoms with Crippen LogP contribution in [-0.4, -0.2) is 55.1 Å². The zero-order chi connectivity index (χ0) is 21.2. The molecule has 1 aliphatic heterocycles. The molecular weight excluding hydrogens is 376 g/mol. The van der Waals surface area contributed by atoms with Gasteiger partial charge in [0.25, 0.3) is 5.91 Å². The number of nitrogens with one attached hydrogen (secondary N) is 1. The lowest BCUT2D eigenvalue weighted by Crippen LogP contribution is -2.54. The molecule has 10 nitrogen and oxygen atoms in total. The van der Waals surface area contributed by atoms with Crippen molar-refractivity contribution in [1.29, 1.82) is 0 Å². The average Bonchev–Trinajstić information content (AvgIpc) is 3.14. The van der Waals surface area contributed by atoms with Gasteiger partial charge in [-0.1, -0.05) is 34.1 Å². The number of hydrogen-bond acceptors (Lipinski definition) is 7.